The Bertz CT molecular complexity index is 925. The summed E-state index contributed by atoms with van der Waals surface area (Å²) in [5.74, 6) is -1.75. The van der Waals surface area contributed by atoms with Crippen LogP contribution in [0.3, 0.4) is 0 Å². The van der Waals surface area contributed by atoms with E-state index in [9.17, 15) is 14.4 Å². The first-order chi connectivity index (χ1) is 13.4. The van der Waals surface area contributed by atoms with Crippen molar-refractivity contribution in [1.82, 2.24) is 10.6 Å². The van der Waals surface area contributed by atoms with Gasteiger partial charge in [-0.3, -0.25) is 9.59 Å². The van der Waals surface area contributed by atoms with Gasteiger partial charge in [-0.15, -0.1) is 0 Å². The van der Waals surface area contributed by atoms with Crippen LogP contribution in [-0.2, 0) is 27.4 Å². The molecule has 3 N–H and O–H groups in total. The number of ether oxygens (including phenoxy) is 1. The first-order valence-electron chi connectivity index (χ1n) is 9.02. The molecular formula is C21H22N2O5. The summed E-state index contributed by atoms with van der Waals surface area (Å²) in [6.45, 7) is 2.89. The number of fused-ring (bicyclic) bond motifs is 3. The number of hydrogen-bond donors (Lipinski definition) is 3. The molecule has 28 heavy (non-hydrogen) atoms. The summed E-state index contributed by atoms with van der Waals surface area (Å²) < 4.78 is 5.28. The molecule has 0 aliphatic heterocycles. The van der Waals surface area contributed by atoms with Gasteiger partial charge in [-0.25, -0.2) is 4.79 Å². The number of carboxylic acid groups (broad SMARTS) is 1. The number of carbonyl (C=O) groups excluding carboxylic acids is 2. The molecule has 0 saturated heterocycles. The fourth-order valence-electron chi connectivity index (χ4n) is 3.19. The Balaban J connectivity index is 1.58. The van der Waals surface area contributed by atoms with Crippen LogP contribution in [0.1, 0.15) is 30.5 Å². The smallest absolute Gasteiger partial charge is 0.408 e. The first-order valence-corrected chi connectivity index (χ1v) is 9.02. The molecule has 0 saturated carbocycles. The van der Waals surface area contributed by atoms with Gasteiger partial charge in [-0.1, -0.05) is 42.5 Å². The lowest BCUT2D eigenvalue weighted by Crippen LogP contribution is -2.49. The van der Waals surface area contributed by atoms with Crippen LogP contribution in [-0.4, -0.2) is 35.2 Å². The predicted octanol–water partition coefficient (Wildman–Crippen LogP) is 2.46. The van der Waals surface area contributed by atoms with Crippen LogP contribution in [0, 0.1) is 0 Å². The van der Waals surface area contributed by atoms with E-state index in [0.717, 1.165) is 23.1 Å². The largest absolute Gasteiger partial charge is 0.480 e. The molecule has 7 nitrogen and oxygen atoms in total. The van der Waals surface area contributed by atoms with E-state index in [1.54, 1.807) is 0 Å². The van der Waals surface area contributed by atoms with Crippen LogP contribution < -0.4 is 10.6 Å². The van der Waals surface area contributed by atoms with Gasteiger partial charge in [-0.05, 0) is 48.1 Å². The number of alkyl carbamates (subject to hydrolysis) is 1. The third-order valence-electron chi connectivity index (χ3n) is 4.76. The Hall–Kier alpha value is -3.35. The molecule has 1 aliphatic rings. The summed E-state index contributed by atoms with van der Waals surface area (Å²) in [6.07, 6.45) is 0.0529. The highest BCUT2D eigenvalue weighted by Crippen LogP contribution is 2.38. The molecule has 0 heterocycles. The molecule has 7 heteroatoms. The van der Waals surface area contributed by atoms with Crippen molar-refractivity contribution in [2.75, 3.05) is 0 Å². The number of aliphatic carboxylic acids is 1. The van der Waals surface area contributed by atoms with Gasteiger partial charge in [-0.2, -0.15) is 0 Å². The summed E-state index contributed by atoms with van der Waals surface area (Å²) in [5.41, 5.74) is 5.64. The predicted molar refractivity (Wildman–Crippen MR) is 103 cm³/mol. The van der Waals surface area contributed by atoms with Gasteiger partial charge in [0.25, 0.3) is 0 Å². The van der Waals surface area contributed by atoms with Gasteiger partial charge in [0.15, 0.2) is 0 Å². The van der Waals surface area contributed by atoms with Crippen molar-refractivity contribution in [3.05, 3.63) is 59.2 Å². The number of carbonyl (C=O) groups is 3. The van der Waals surface area contributed by atoms with E-state index < -0.39 is 30.1 Å². The fraction of sp³-hybridized carbons (Fsp3) is 0.286. The normalized spacial score (nSPS) is 13.6. The van der Waals surface area contributed by atoms with Crippen molar-refractivity contribution in [3.63, 3.8) is 0 Å². The van der Waals surface area contributed by atoms with Crippen LogP contribution in [0.25, 0.3) is 11.1 Å². The van der Waals surface area contributed by atoms with Crippen LogP contribution >= 0.6 is 0 Å². The second-order valence-corrected chi connectivity index (χ2v) is 6.79. The zero-order valence-corrected chi connectivity index (χ0v) is 15.7. The summed E-state index contributed by atoms with van der Waals surface area (Å²) >= 11 is 0. The van der Waals surface area contributed by atoms with E-state index in [-0.39, 0.29) is 6.61 Å². The molecule has 0 unspecified atom stereocenters. The van der Waals surface area contributed by atoms with E-state index >= 15 is 0 Å². The van der Waals surface area contributed by atoms with E-state index in [2.05, 4.69) is 28.8 Å². The lowest BCUT2D eigenvalue weighted by atomic mass is 10.0. The van der Waals surface area contributed by atoms with Crippen molar-refractivity contribution < 1.29 is 24.2 Å². The minimum Gasteiger partial charge on any atom is -0.480 e. The van der Waals surface area contributed by atoms with Gasteiger partial charge >= 0.3 is 12.1 Å². The summed E-state index contributed by atoms with van der Waals surface area (Å²) in [6, 6.07) is 12.1. The summed E-state index contributed by atoms with van der Waals surface area (Å²) in [5, 5.41) is 13.5. The van der Waals surface area contributed by atoms with Crippen LogP contribution in [0.15, 0.2) is 42.5 Å². The molecule has 0 bridgehead atoms. The molecule has 0 spiro atoms. The average molecular weight is 382 g/mol. The number of hydrogen-bond acceptors (Lipinski definition) is 4. The van der Waals surface area contributed by atoms with Gasteiger partial charge in [0.05, 0.1) is 0 Å². The molecule has 0 aromatic heterocycles. The number of benzene rings is 2. The summed E-state index contributed by atoms with van der Waals surface area (Å²) in [4.78, 5) is 34.7. The van der Waals surface area contributed by atoms with Gasteiger partial charge in [0.2, 0.25) is 5.91 Å². The van der Waals surface area contributed by atoms with Gasteiger partial charge < -0.3 is 20.5 Å². The molecule has 0 fully saturated rings. The maximum atomic E-state index is 12.0. The third-order valence-corrected chi connectivity index (χ3v) is 4.76. The highest BCUT2D eigenvalue weighted by molar-refractivity contribution is 5.88. The SMILES string of the molecule is C[C@H](NC(=O)[C@H](C)NC(=O)OCc1cccc2c1Cc1ccccc1-2)C(=O)O. The number of nitrogens with one attached hydrogen (secondary N) is 2. The molecule has 146 valence electrons. The molecular weight excluding hydrogens is 360 g/mol. The van der Waals surface area contributed by atoms with Crippen molar-refractivity contribution in [2.24, 2.45) is 0 Å². The monoisotopic (exact) mass is 382 g/mol. The minimum atomic E-state index is -1.15. The van der Waals surface area contributed by atoms with E-state index in [1.807, 2.05) is 24.3 Å². The Kier molecular flexibility index (Phi) is 5.63. The molecule has 1 aliphatic carbocycles. The molecule has 2 amide bonds. The van der Waals surface area contributed by atoms with Gasteiger partial charge in [0, 0.05) is 0 Å². The van der Waals surface area contributed by atoms with Crippen molar-refractivity contribution in [1.29, 1.82) is 0 Å². The van der Waals surface area contributed by atoms with Crippen molar-refractivity contribution >= 4 is 18.0 Å². The second kappa shape index (κ2) is 8.12. The van der Waals surface area contributed by atoms with E-state index in [1.165, 1.54) is 25.0 Å². The van der Waals surface area contributed by atoms with Crippen molar-refractivity contribution in [3.8, 4) is 11.1 Å². The molecule has 0 radical (unpaired) electrons. The number of carboxylic acids is 1. The van der Waals surface area contributed by atoms with Crippen LogP contribution in [0.2, 0.25) is 0 Å². The third kappa shape index (κ3) is 4.14. The van der Waals surface area contributed by atoms with Crippen molar-refractivity contribution in [2.45, 2.75) is 39.0 Å². The molecule has 2 atom stereocenters. The number of rotatable bonds is 6. The lowest BCUT2D eigenvalue weighted by molar-refractivity contribution is -0.141. The van der Waals surface area contributed by atoms with E-state index in [4.69, 9.17) is 9.84 Å². The fourth-order valence-corrected chi connectivity index (χ4v) is 3.19. The lowest BCUT2D eigenvalue weighted by Gasteiger charge is -2.16. The van der Waals surface area contributed by atoms with Crippen LogP contribution in [0.4, 0.5) is 4.79 Å². The molecule has 3 rings (SSSR count). The quantitative estimate of drug-likeness (QED) is 0.607. The molecule has 2 aromatic carbocycles. The van der Waals surface area contributed by atoms with Gasteiger partial charge in [0.1, 0.15) is 18.7 Å². The minimum absolute atomic E-state index is 0.0862. The Morgan fingerprint density at radius 1 is 1.00 bits per heavy atom. The Morgan fingerprint density at radius 3 is 2.46 bits per heavy atom. The molecule has 2 aromatic rings. The topological polar surface area (TPSA) is 105 Å². The second-order valence-electron chi connectivity index (χ2n) is 6.79. The average Bonchev–Trinajstić information content (AvgIpc) is 3.05. The highest BCUT2D eigenvalue weighted by atomic mass is 16.5. The zero-order valence-electron chi connectivity index (χ0n) is 15.7. The zero-order chi connectivity index (χ0) is 20.3. The summed E-state index contributed by atoms with van der Waals surface area (Å²) in [7, 11) is 0. The van der Waals surface area contributed by atoms with Crippen LogP contribution in [0.5, 0.6) is 0 Å². The number of amides is 2. The first kappa shape index (κ1) is 19.4. The maximum absolute atomic E-state index is 12.0. The highest BCUT2D eigenvalue weighted by Gasteiger charge is 2.23. The Labute approximate surface area is 162 Å². The standard InChI is InChI=1S/C21H22N2O5/c1-12(19(24)22-13(2)20(25)26)23-21(27)28-11-15-7-5-9-17-16-8-4-3-6-14(16)10-18(15)17/h3-9,12-13H,10-11H2,1-2H3,(H,22,24)(H,23,27)(H,25,26)/t12-,13-/m0/s1. The van der Waals surface area contributed by atoms with E-state index in [0.29, 0.717) is 0 Å². The Morgan fingerprint density at radius 2 is 1.71 bits per heavy atom. The maximum Gasteiger partial charge on any atom is 0.408 e.